The largest absolute Gasteiger partial charge is 0.376 e. The van der Waals surface area contributed by atoms with Crippen molar-refractivity contribution >= 4 is 17.7 Å². The number of carbonyl (C=O) groups is 3. The van der Waals surface area contributed by atoms with Crippen LogP contribution in [0.2, 0.25) is 0 Å². The lowest BCUT2D eigenvalue weighted by atomic mass is 9.84. The molecule has 1 saturated heterocycles. The van der Waals surface area contributed by atoms with Gasteiger partial charge in [0.25, 0.3) is 17.7 Å². The average molecular weight is 385 g/mol. The van der Waals surface area contributed by atoms with Crippen molar-refractivity contribution in [1.82, 2.24) is 10.2 Å². The molecule has 2 heterocycles. The van der Waals surface area contributed by atoms with Crippen LogP contribution in [-0.2, 0) is 4.74 Å². The molecule has 150 valence electrons. The van der Waals surface area contributed by atoms with Crippen LogP contribution >= 0.6 is 0 Å². The van der Waals surface area contributed by atoms with Crippen molar-refractivity contribution in [3.8, 4) is 0 Å². The second kappa shape index (κ2) is 8.01. The summed E-state index contributed by atoms with van der Waals surface area (Å²) >= 11 is 0. The highest BCUT2D eigenvalue weighted by atomic mass is 16.5. The number of carbonyl (C=O) groups excluding carboxylic acids is 3. The number of nitrogens with two attached hydrogens (primary N) is 1. The van der Waals surface area contributed by atoms with E-state index < -0.39 is 0 Å². The zero-order valence-electron chi connectivity index (χ0n) is 16.0. The number of rotatable bonds is 5. The zero-order chi connectivity index (χ0) is 19.7. The highest BCUT2D eigenvalue weighted by Crippen LogP contribution is 2.27. The van der Waals surface area contributed by atoms with Gasteiger partial charge in [-0.15, -0.1) is 0 Å². The number of hydrogen-bond acceptors (Lipinski definition) is 5. The molecule has 3 unspecified atom stereocenters. The van der Waals surface area contributed by atoms with Gasteiger partial charge in [0.15, 0.2) is 0 Å². The van der Waals surface area contributed by atoms with Crippen molar-refractivity contribution in [2.24, 2.45) is 11.7 Å². The molecule has 1 aliphatic carbocycles. The van der Waals surface area contributed by atoms with E-state index >= 15 is 0 Å². The average Bonchev–Trinajstić information content (AvgIpc) is 3.31. The third-order valence-corrected chi connectivity index (χ3v) is 6.17. The van der Waals surface area contributed by atoms with E-state index in [4.69, 9.17) is 10.5 Å². The minimum absolute atomic E-state index is 0.0628. The van der Waals surface area contributed by atoms with Gasteiger partial charge in [-0.25, -0.2) is 0 Å². The van der Waals surface area contributed by atoms with Crippen molar-refractivity contribution in [3.63, 3.8) is 0 Å². The molecule has 7 nitrogen and oxygen atoms in total. The molecular weight excluding hydrogens is 358 g/mol. The molecule has 7 heteroatoms. The SMILES string of the molecule is NCC1CCCCC1NC(=O)c1ccc2c(c1)C(=O)N(CC1CCCO1)C2=O. The van der Waals surface area contributed by atoms with E-state index in [1.165, 1.54) is 4.90 Å². The predicted molar refractivity (Wildman–Crippen MR) is 103 cm³/mol. The van der Waals surface area contributed by atoms with Crippen LogP contribution in [0.3, 0.4) is 0 Å². The first-order valence-corrected chi connectivity index (χ1v) is 10.2. The predicted octanol–water partition coefficient (Wildman–Crippen LogP) is 1.71. The van der Waals surface area contributed by atoms with E-state index in [1.807, 2.05) is 0 Å². The van der Waals surface area contributed by atoms with Crippen LogP contribution in [0, 0.1) is 5.92 Å². The van der Waals surface area contributed by atoms with Crippen LogP contribution in [0.5, 0.6) is 0 Å². The minimum atomic E-state index is -0.345. The maximum absolute atomic E-state index is 12.8. The van der Waals surface area contributed by atoms with Gasteiger partial charge in [-0.1, -0.05) is 12.8 Å². The fourth-order valence-corrected chi connectivity index (χ4v) is 4.52. The molecule has 1 aromatic carbocycles. The van der Waals surface area contributed by atoms with Crippen molar-refractivity contribution in [3.05, 3.63) is 34.9 Å². The number of fused-ring (bicyclic) bond motifs is 1. The summed E-state index contributed by atoms with van der Waals surface area (Å²) in [5.74, 6) is -0.580. The van der Waals surface area contributed by atoms with E-state index in [0.717, 1.165) is 38.5 Å². The molecule has 3 N–H and O–H groups in total. The van der Waals surface area contributed by atoms with E-state index in [9.17, 15) is 14.4 Å². The lowest BCUT2D eigenvalue weighted by molar-refractivity contribution is 0.0475. The Morgan fingerprint density at radius 1 is 1.11 bits per heavy atom. The summed E-state index contributed by atoms with van der Waals surface area (Å²) in [6.07, 6.45) is 5.88. The summed E-state index contributed by atoms with van der Waals surface area (Å²) in [6, 6.07) is 4.81. The van der Waals surface area contributed by atoms with Gasteiger partial charge < -0.3 is 15.8 Å². The third kappa shape index (κ3) is 3.56. The van der Waals surface area contributed by atoms with Crippen molar-refractivity contribution < 1.29 is 19.1 Å². The first-order valence-electron chi connectivity index (χ1n) is 10.2. The molecule has 3 atom stereocenters. The lowest BCUT2D eigenvalue weighted by Crippen LogP contribution is -2.44. The summed E-state index contributed by atoms with van der Waals surface area (Å²) in [5, 5.41) is 3.07. The maximum Gasteiger partial charge on any atom is 0.261 e. The molecule has 0 radical (unpaired) electrons. The summed E-state index contributed by atoms with van der Waals surface area (Å²) in [7, 11) is 0. The van der Waals surface area contributed by atoms with Gasteiger partial charge in [-0.2, -0.15) is 0 Å². The van der Waals surface area contributed by atoms with Gasteiger partial charge in [0.05, 0.1) is 23.8 Å². The topological polar surface area (TPSA) is 102 Å². The van der Waals surface area contributed by atoms with Gasteiger partial charge in [-0.3, -0.25) is 19.3 Å². The van der Waals surface area contributed by atoms with Gasteiger partial charge in [0.1, 0.15) is 0 Å². The number of nitrogens with one attached hydrogen (secondary N) is 1. The molecule has 3 amide bonds. The molecule has 3 aliphatic rings. The molecule has 0 aromatic heterocycles. The van der Waals surface area contributed by atoms with Crippen molar-refractivity contribution in [2.75, 3.05) is 19.7 Å². The Kier molecular flexibility index (Phi) is 5.46. The van der Waals surface area contributed by atoms with E-state index in [-0.39, 0.29) is 42.3 Å². The molecule has 28 heavy (non-hydrogen) atoms. The quantitative estimate of drug-likeness (QED) is 0.752. The van der Waals surface area contributed by atoms with E-state index in [0.29, 0.717) is 29.8 Å². The molecule has 0 bridgehead atoms. The molecule has 2 aliphatic heterocycles. The number of amides is 3. The summed E-state index contributed by atoms with van der Waals surface area (Å²) < 4.78 is 5.56. The molecule has 2 fully saturated rings. The Hall–Kier alpha value is -2.25. The zero-order valence-corrected chi connectivity index (χ0v) is 16.0. The second-order valence-electron chi connectivity index (χ2n) is 7.98. The van der Waals surface area contributed by atoms with Crippen LogP contribution in [0.25, 0.3) is 0 Å². The fourth-order valence-electron chi connectivity index (χ4n) is 4.52. The first-order chi connectivity index (χ1) is 13.6. The maximum atomic E-state index is 12.8. The molecular formula is C21H27N3O4. The van der Waals surface area contributed by atoms with Crippen molar-refractivity contribution in [2.45, 2.75) is 50.7 Å². The summed E-state index contributed by atoms with van der Waals surface area (Å²) in [5.41, 5.74) is 6.91. The number of hydrogen-bond donors (Lipinski definition) is 2. The van der Waals surface area contributed by atoms with E-state index in [1.54, 1.807) is 18.2 Å². The molecule has 1 saturated carbocycles. The van der Waals surface area contributed by atoms with Crippen LogP contribution in [-0.4, -0.2) is 54.5 Å². The van der Waals surface area contributed by atoms with Gasteiger partial charge >= 0.3 is 0 Å². The molecule has 0 spiro atoms. The molecule has 4 rings (SSSR count). The number of imide groups is 1. The number of ether oxygens (including phenoxy) is 1. The third-order valence-electron chi connectivity index (χ3n) is 6.17. The van der Waals surface area contributed by atoms with Crippen LogP contribution in [0.15, 0.2) is 18.2 Å². The molecule has 1 aromatic rings. The lowest BCUT2D eigenvalue weighted by Gasteiger charge is -2.31. The Morgan fingerprint density at radius 2 is 1.89 bits per heavy atom. The normalized spacial score (nSPS) is 27.2. The van der Waals surface area contributed by atoms with Gasteiger partial charge in [0.2, 0.25) is 0 Å². The summed E-state index contributed by atoms with van der Waals surface area (Å²) in [4.78, 5) is 39.4. The van der Waals surface area contributed by atoms with Crippen LogP contribution < -0.4 is 11.1 Å². The Morgan fingerprint density at radius 3 is 2.64 bits per heavy atom. The standard InChI is InChI=1S/C21H27N3O4/c22-11-14-4-1-2-6-18(14)23-19(25)13-7-8-16-17(10-13)21(27)24(20(16)26)12-15-5-3-9-28-15/h7-8,10,14-15,18H,1-6,9,11-12,22H2,(H,23,25). The van der Waals surface area contributed by atoms with E-state index in [2.05, 4.69) is 5.32 Å². The number of benzene rings is 1. The highest BCUT2D eigenvalue weighted by molar-refractivity contribution is 6.22. The highest BCUT2D eigenvalue weighted by Gasteiger charge is 2.38. The second-order valence-corrected chi connectivity index (χ2v) is 7.98. The van der Waals surface area contributed by atoms with Crippen LogP contribution in [0.1, 0.15) is 69.6 Å². The fraction of sp³-hybridized carbons (Fsp3) is 0.571. The Labute approximate surface area is 164 Å². The number of nitrogens with zero attached hydrogens (tertiary/aromatic N) is 1. The van der Waals surface area contributed by atoms with Gasteiger partial charge in [0, 0.05) is 18.2 Å². The van der Waals surface area contributed by atoms with Crippen molar-refractivity contribution in [1.29, 1.82) is 0 Å². The Balaban J connectivity index is 1.48. The minimum Gasteiger partial charge on any atom is -0.376 e. The monoisotopic (exact) mass is 385 g/mol. The van der Waals surface area contributed by atoms with Gasteiger partial charge in [-0.05, 0) is 56.3 Å². The smallest absolute Gasteiger partial charge is 0.261 e. The van der Waals surface area contributed by atoms with Crippen LogP contribution in [0.4, 0.5) is 0 Å². The first kappa shape index (κ1) is 19.1. The Bertz CT molecular complexity index is 788. The summed E-state index contributed by atoms with van der Waals surface area (Å²) in [6.45, 7) is 1.50.